The predicted molar refractivity (Wildman–Crippen MR) is 115 cm³/mol. The van der Waals surface area contributed by atoms with Gasteiger partial charge in [-0.2, -0.15) is 5.10 Å². The Labute approximate surface area is 174 Å². The Balaban J connectivity index is 1.76. The van der Waals surface area contributed by atoms with E-state index >= 15 is 0 Å². The molecule has 7 heteroatoms. The molecular formula is C23H23N5O2. The molecule has 3 heterocycles. The lowest BCUT2D eigenvalue weighted by atomic mass is 10.0. The highest BCUT2D eigenvalue weighted by Gasteiger charge is 2.14. The van der Waals surface area contributed by atoms with Crippen molar-refractivity contribution >= 4 is 16.9 Å². The molecule has 7 nitrogen and oxygen atoms in total. The molecule has 0 aliphatic heterocycles. The lowest BCUT2D eigenvalue weighted by molar-refractivity contribution is 0.0586. The normalized spacial score (nSPS) is 12.1. The van der Waals surface area contributed by atoms with E-state index < -0.39 is 5.97 Å². The van der Waals surface area contributed by atoms with E-state index in [0.29, 0.717) is 11.7 Å². The number of nitrogens with zero attached hydrogens (tertiary/aromatic N) is 5. The van der Waals surface area contributed by atoms with Gasteiger partial charge in [-0.3, -0.25) is 4.98 Å². The number of rotatable bonds is 6. The molecule has 30 heavy (non-hydrogen) atoms. The van der Waals surface area contributed by atoms with Gasteiger partial charge in [0.1, 0.15) is 0 Å². The molecule has 0 spiro atoms. The lowest BCUT2D eigenvalue weighted by Crippen LogP contribution is -2.10. The average molecular weight is 401 g/mol. The van der Waals surface area contributed by atoms with E-state index in [0.717, 1.165) is 40.7 Å². The Morgan fingerprint density at radius 1 is 1.17 bits per heavy atom. The smallest absolute Gasteiger partial charge is 0.376 e. The number of esters is 1. The van der Waals surface area contributed by atoms with E-state index in [2.05, 4.69) is 41.0 Å². The van der Waals surface area contributed by atoms with Gasteiger partial charge >= 0.3 is 5.97 Å². The van der Waals surface area contributed by atoms with Crippen LogP contribution in [0.2, 0.25) is 0 Å². The molecule has 0 amide bonds. The van der Waals surface area contributed by atoms with E-state index in [9.17, 15) is 4.79 Å². The van der Waals surface area contributed by atoms with E-state index in [-0.39, 0.29) is 5.82 Å². The second-order valence-electron chi connectivity index (χ2n) is 7.20. The van der Waals surface area contributed by atoms with Crippen LogP contribution < -0.4 is 0 Å². The molecule has 4 rings (SSSR count). The minimum absolute atomic E-state index is 0.00548. The van der Waals surface area contributed by atoms with Crippen LogP contribution in [0.3, 0.4) is 0 Å². The number of pyridine rings is 1. The lowest BCUT2D eigenvalue weighted by Gasteiger charge is -2.11. The van der Waals surface area contributed by atoms with Crippen LogP contribution >= 0.6 is 0 Å². The summed E-state index contributed by atoms with van der Waals surface area (Å²) in [4.78, 5) is 24.9. The third-order valence-electron chi connectivity index (χ3n) is 5.09. The van der Waals surface area contributed by atoms with Gasteiger partial charge in [-0.25, -0.2) is 19.4 Å². The van der Waals surface area contributed by atoms with Gasteiger partial charge in [-0.05, 0) is 30.5 Å². The Morgan fingerprint density at radius 2 is 2.03 bits per heavy atom. The summed E-state index contributed by atoms with van der Waals surface area (Å²) < 4.78 is 6.41. The summed E-state index contributed by atoms with van der Waals surface area (Å²) in [6, 6.07) is 14.0. The van der Waals surface area contributed by atoms with Crippen molar-refractivity contribution in [1.29, 1.82) is 0 Å². The Morgan fingerprint density at radius 3 is 2.83 bits per heavy atom. The van der Waals surface area contributed by atoms with E-state index in [4.69, 9.17) is 9.72 Å². The predicted octanol–water partition coefficient (Wildman–Crippen LogP) is 4.57. The second-order valence-corrected chi connectivity index (χ2v) is 7.20. The monoisotopic (exact) mass is 401 g/mol. The van der Waals surface area contributed by atoms with Crippen molar-refractivity contribution in [3.63, 3.8) is 0 Å². The number of carbonyl (C=O) groups is 1. The van der Waals surface area contributed by atoms with E-state index in [1.165, 1.54) is 13.3 Å². The molecule has 0 aliphatic carbocycles. The summed E-state index contributed by atoms with van der Waals surface area (Å²) in [6.07, 6.45) is 5.53. The van der Waals surface area contributed by atoms with Crippen LogP contribution in [0.5, 0.6) is 0 Å². The molecule has 0 saturated heterocycles. The summed E-state index contributed by atoms with van der Waals surface area (Å²) in [5.74, 6) is 0.322. The molecule has 0 radical (unpaired) electrons. The number of benzene rings is 1. The van der Waals surface area contributed by atoms with Gasteiger partial charge in [0.05, 0.1) is 24.5 Å². The van der Waals surface area contributed by atoms with Crippen LogP contribution in [0, 0.1) is 0 Å². The molecule has 1 aromatic carbocycles. The minimum atomic E-state index is -0.587. The zero-order valence-electron chi connectivity index (χ0n) is 17.2. The maximum absolute atomic E-state index is 11.8. The first kappa shape index (κ1) is 19.7. The van der Waals surface area contributed by atoms with Gasteiger partial charge in [-0.15, -0.1) is 0 Å². The maximum Gasteiger partial charge on any atom is 0.376 e. The van der Waals surface area contributed by atoms with Crippen molar-refractivity contribution in [1.82, 2.24) is 24.7 Å². The third kappa shape index (κ3) is 3.78. The van der Waals surface area contributed by atoms with Crippen LogP contribution in [0.4, 0.5) is 0 Å². The number of aromatic nitrogens is 5. The fourth-order valence-corrected chi connectivity index (χ4v) is 3.48. The largest absolute Gasteiger partial charge is 0.463 e. The third-order valence-corrected chi connectivity index (χ3v) is 5.09. The van der Waals surface area contributed by atoms with Crippen LogP contribution in [0.15, 0.2) is 54.9 Å². The quantitative estimate of drug-likeness (QED) is 0.440. The molecule has 3 aromatic heterocycles. The zero-order chi connectivity index (χ0) is 21.1. The zero-order valence-corrected chi connectivity index (χ0v) is 17.2. The number of ether oxygens (including phenoxy) is 1. The highest BCUT2D eigenvalue weighted by Crippen LogP contribution is 2.27. The molecule has 0 bridgehead atoms. The Bertz CT molecular complexity index is 1200. The highest BCUT2D eigenvalue weighted by atomic mass is 16.5. The molecular weight excluding hydrogens is 378 g/mol. The fraction of sp³-hybridized carbons (Fsp3) is 0.261. The summed E-state index contributed by atoms with van der Waals surface area (Å²) in [6.45, 7) is 4.40. The molecule has 152 valence electrons. The fourth-order valence-electron chi connectivity index (χ4n) is 3.48. The van der Waals surface area contributed by atoms with Crippen LogP contribution in [-0.4, -0.2) is 37.8 Å². The molecule has 0 N–H and O–H groups in total. The summed E-state index contributed by atoms with van der Waals surface area (Å²) >= 11 is 0. The van der Waals surface area contributed by atoms with Crippen molar-refractivity contribution < 1.29 is 9.53 Å². The molecule has 1 atom stereocenters. The topological polar surface area (TPSA) is 82.8 Å². The highest BCUT2D eigenvalue weighted by molar-refractivity contribution is 5.86. The molecule has 4 aromatic rings. The van der Waals surface area contributed by atoms with Crippen LogP contribution in [0.25, 0.3) is 28.0 Å². The van der Waals surface area contributed by atoms with Gasteiger partial charge in [0.15, 0.2) is 5.82 Å². The molecule has 0 saturated carbocycles. The van der Waals surface area contributed by atoms with Crippen LogP contribution in [0.1, 0.15) is 48.9 Å². The number of hydrogen-bond donors (Lipinski definition) is 0. The van der Waals surface area contributed by atoms with Gasteiger partial charge in [0.25, 0.3) is 0 Å². The Hall–Kier alpha value is -3.61. The number of methoxy groups -OCH3 is 1. The first-order valence-electron chi connectivity index (χ1n) is 9.97. The van der Waals surface area contributed by atoms with Crippen molar-refractivity contribution in [3.05, 3.63) is 66.4 Å². The Kier molecular flexibility index (Phi) is 5.52. The number of fused-ring (bicyclic) bond motifs is 1. The summed E-state index contributed by atoms with van der Waals surface area (Å²) in [5.41, 5.74) is 3.89. The first-order valence-corrected chi connectivity index (χ1v) is 9.97. The van der Waals surface area contributed by atoms with Crippen LogP contribution in [-0.2, 0) is 4.74 Å². The molecule has 0 fully saturated rings. The van der Waals surface area contributed by atoms with Gasteiger partial charge < -0.3 is 4.74 Å². The standard InChI is InChI=1S/C23H23N5O2/c1-4-6-15(2)18-7-5-8-19(26-18)16-9-10-17-14-25-28(20(17)13-16)21-11-12-24-22(27-21)23(29)30-3/h5,7-15H,4,6H2,1-3H3/t15-/m0/s1. The van der Waals surface area contributed by atoms with Crippen molar-refractivity contribution in [3.8, 4) is 17.1 Å². The number of carbonyl (C=O) groups excluding carboxylic acids is 1. The minimum Gasteiger partial charge on any atom is -0.463 e. The summed E-state index contributed by atoms with van der Waals surface area (Å²) in [7, 11) is 1.30. The summed E-state index contributed by atoms with van der Waals surface area (Å²) in [5, 5.41) is 5.42. The maximum atomic E-state index is 11.8. The SMILES string of the molecule is CCC[C@H](C)c1cccc(-c2ccc3cnn(-c4ccnc(C(=O)OC)n4)c3c2)n1. The van der Waals surface area contributed by atoms with E-state index in [1.807, 2.05) is 24.3 Å². The van der Waals surface area contributed by atoms with Crippen molar-refractivity contribution in [2.75, 3.05) is 7.11 Å². The van der Waals surface area contributed by atoms with E-state index in [1.54, 1.807) is 16.9 Å². The average Bonchev–Trinajstić information content (AvgIpc) is 3.22. The first-order chi connectivity index (χ1) is 14.6. The second kappa shape index (κ2) is 8.41. The van der Waals surface area contributed by atoms with Crippen molar-refractivity contribution in [2.24, 2.45) is 0 Å². The van der Waals surface area contributed by atoms with Crippen molar-refractivity contribution in [2.45, 2.75) is 32.6 Å². The van der Waals surface area contributed by atoms with Gasteiger partial charge in [0.2, 0.25) is 5.82 Å². The number of hydrogen-bond acceptors (Lipinski definition) is 6. The molecule has 0 unspecified atom stereocenters. The molecule has 0 aliphatic rings. The van der Waals surface area contributed by atoms with Gasteiger partial charge in [0, 0.05) is 28.9 Å². The van der Waals surface area contributed by atoms with Gasteiger partial charge in [-0.1, -0.05) is 38.5 Å².